The van der Waals surface area contributed by atoms with Crippen LogP contribution in [-0.2, 0) is 22.4 Å². The smallest absolute Gasteiger partial charge is 0.230 e. The molecule has 2 saturated heterocycles. The number of hydrogen-bond acceptors (Lipinski definition) is 10. The van der Waals surface area contributed by atoms with Crippen LogP contribution in [0.2, 0.25) is 0 Å². The first kappa shape index (κ1) is 25.0. The van der Waals surface area contributed by atoms with E-state index in [0.29, 0.717) is 23.9 Å². The Bertz CT molecular complexity index is 1160. The zero-order valence-electron chi connectivity index (χ0n) is 21.7. The number of morpholine rings is 1. The first-order valence-electron chi connectivity index (χ1n) is 13.9. The maximum absolute atomic E-state index is 5.54. The van der Waals surface area contributed by atoms with Gasteiger partial charge >= 0.3 is 0 Å². The molecule has 3 aliphatic rings. The summed E-state index contributed by atoms with van der Waals surface area (Å²) in [5, 5.41) is 12.8. The number of fused-ring (bicyclic) bond motifs is 1. The largest absolute Gasteiger partial charge is 0.381 e. The quantitative estimate of drug-likeness (QED) is 0.450. The maximum atomic E-state index is 5.54. The average Bonchev–Trinajstić information content (AvgIpc) is 3.57. The molecule has 0 aromatic carbocycles. The molecule has 0 bridgehead atoms. The van der Waals surface area contributed by atoms with Crippen LogP contribution in [0.25, 0.3) is 10.3 Å². The number of aryl methyl sites for hydroxylation is 1. The van der Waals surface area contributed by atoms with Gasteiger partial charge in [0.15, 0.2) is 10.6 Å². The standard InChI is InChI=1S/C26H38N8O2S/c1-2-22-30-23-24(28-19-3-5-21(6-4-19)33-9-13-36-14-10-33)31-26(32-25(23)37-22)29-20-15-27-34(17-20)16-18-7-11-35-12-8-18/h15,17-19,21H,2-14,16H2,1H3,(H2,28,29,31,32)/t19-,21-. The fourth-order valence-electron chi connectivity index (χ4n) is 5.74. The van der Waals surface area contributed by atoms with E-state index in [4.69, 9.17) is 24.4 Å². The van der Waals surface area contributed by atoms with Gasteiger partial charge in [-0.3, -0.25) is 9.58 Å². The van der Waals surface area contributed by atoms with Crippen LogP contribution in [-0.4, -0.2) is 81.2 Å². The number of ether oxygens (including phenoxy) is 2. The van der Waals surface area contributed by atoms with Crippen molar-refractivity contribution in [3.05, 3.63) is 17.4 Å². The summed E-state index contributed by atoms with van der Waals surface area (Å²) in [5.41, 5.74) is 1.79. The summed E-state index contributed by atoms with van der Waals surface area (Å²) in [6.07, 6.45) is 11.7. The molecule has 3 aromatic rings. The van der Waals surface area contributed by atoms with E-state index in [-0.39, 0.29) is 0 Å². The Labute approximate surface area is 222 Å². The highest BCUT2D eigenvalue weighted by molar-refractivity contribution is 7.18. The Morgan fingerprint density at radius 2 is 1.76 bits per heavy atom. The van der Waals surface area contributed by atoms with Gasteiger partial charge in [-0.2, -0.15) is 15.1 Å². The fourth-order valence-corrected chi connectivity index (χ4v) is 6.62. The predicted octanol–water partition coefficient (Wildman–Crippen LogP) is 4.07. The second-order valence-electron chi connectivity index (χ2n) is 10.4. The lowest BCUT2D eigenvalue weighted by atomic mass is 9.90. The summed E-state index contributed by atoms with van der Waals surface area (Å²) in [5.74, 6) is 2.05. The monoisotopic (exact) mass is 526 g/mol. The van der Waals surface area contributed by atoms with Crippen LogP contribution in [0.4, 0.5) is 17.5 Å². The summed E-state index contributed by atoms with van der Waals surface area (Å²) < 4.78 is 13.1. The topological polar surface area (TPSA) is 102 Å². The van der Waals surface area contributed by atoms with Crippen LogP contribution in [0, 0.1) is 5.92 Å². The molecule has 5 heterocycles. The number of nitrogens with one attached hydrogen (secondary N) is 2. The molecule has 2 aliphatic heterocycles. The van der Waals surface area contributed by atoms with Crippen LogP contribution in [0.5, 0.6) is 0 Å². The van der Waals surface area contributed by atoms with E-state index in [1.807, 2.05) is 17.1 Å². The van der Waals surface area contributed by atoms with Gasteiger partial charge in [0.2, 0.25) is 5.95 Å². The second kappa shape index (κ2) is 11.6. The van der Waals surface area contributed by atoms with Crippen LogP contribution in [0.15, 0.2) is 12.4 Å². The number of thiazole rings is 1. The van der Waals surface area contributed by atoms with Crippen LogP contribution >= 0.6 is 11.3 Å². The summed E-state index contributed by atoms with van der Waals surface area (Å²) >= 11 is 1.65. The van der Waals surface area contributed by atoms with Gasteiger partial charge in [0.05, 0.1) is 30.1 Å². The van der Waals surface area contributed by atoms with Crippen LogP contribution < -0.4 is 10.6 Å². The number of aromatic nitrogens is 5. The highest BCUT2D eigenvalue weighted by Gasteiger charge is 2.28. The highest BCUT2D eigenvalue weighted by Crippen LogP contribution is 2.31. The molecule has 6 rings (SSSR count). The zero-order chi connectivity index (χ0) is 25.0. The number of anilines is 3. The average molecular weight is 527 g/mol. The minimum absolute atomic E-state index is 0.400. The van der Waals surface area contributed by atoms with Gasteiger partial charge in [-0.05, 0) is 50.9 Å². The number of rotatable bonds is 8. The van der Waals surface area contributed by atoms with Crippen molar-refractivity contribution in [1.29, 1.82) is 0 Å². The lowest BCUT2D eigenvalue weighted by Crippen LogP contribution is -2.46. The molecule has 3 fully saturated rings. The Morgan fingerprint density at radius 3 is 2.54 bits per heavy atom. The number of hydrogen-bond donors (Lipinski definition) is 2. The van der Waals surface area contributed by atoms with Crippen molar-refractivity contribution in [1.82, 2.24) is 29.6 Å². The lowest BCUT2D eigenvalue weighted by molar-refractivity contribution is 0.00791. The molecule has 11 heteroatoms. The molecule has 200 valence electrons. The SMILES string of the molecule is CCc1nc2c(N[C@H]3CC[C@H](N4CCOCC4)CC3)nc(Nc3cnn(CC4CCOCC4)c3)nc2s1. The summed E-state index contributed by atoms with van der Waals surface area (Å²) in [7, 11) is 0. The predicted molar refractivity (Wildman–Crippen MR) is 146 cm³/mol. The summed E-state index contributed by atoms with van der Waals surface area (Å²) in [6, 6.07) is 1.07. The summed E-state index contributed by atoms with van der Waals surface area (Å²) in [6.45, 7) is 8.62. The Hall–Kier alpha value is -2.34. The Morgan fingerprint density at radius 1 is 0.973 bits per heavy atom. The van der Waals surface area contributed by atoms with Gasteiger partial charge in [-0.15, -0.1) is 0 Å². The third kappa shape index (κ3) is 6.05. The van der Waals surface area contributed by atoms with E-state index in [1.165, 1.54) is 12.8 Å². The van der Waals surface area contributed by atoms with Gasteiger partial charge in [-0.1, -0.05) is 18.3 Å². The van der Waals surface area contributed by atoms with Gasteiger partial charge in [0, 0.05) is 51.1 Å². The van der Waals surface area contributed by atoms with Gasteiger partial charge < -0.3 is 20.1 Å². The molecule has 2 N–H and O–H groups in total. The highest BCUT2D eigenvalue weighted by atomic mass is 32.1. The molecule has 0 spiro atoms. The molecule has 0 atom stereocenters. The second-order valence-corrected chi connectivity index (χ2v) is 11.5. The molecular weight excluding hydrogens is 488 g/mol. The van der Waals surface area contributed by atoms with E-state index < -0.39 is 0 Å². The van der Waals surface area contributed by atoms with E-state index >= 15 is 0 Å². The van der Waals surface area contributed by atoms with E-state index in [2.05, 4.69) is 27.6 Å². The Kier molecular flexibility index (Phi) is 7.82. The normalized spacial score (nSPS) is 23.9. The first-order valence-corrected chi connectivity index (χ1v) is 14.7. The van der Waals surface area contributed by atoms with E-state index in [9.17, 15) is 0 Å². The van der Waals surface area contributed by atoms with Gasteiger partial charge in [0.25, 0.3) is 0 Å². The summed E-state index contributed by atoms with van der Waals surface area (Å²) in [4.78, 5) is 18.1. The molecular formula is C26H38N8O2S. The molecule has 0 unspecified atom stereocenters. The zero-order valence-corrected chi connectivity index (χ0v) is 22.5. The Balaban J connectivity index is 1.14. The minimum atomic E-state index is 0.400. The van der Waals surface area contributed by atoms with Crippen molar-refractivity contribution in [2.24, 2.45) is 5.92 Å². The van der Waals surface area contributed by atoms with Crippen LogP contribution in [0.1, 0.15) is 50.5 Å². The van der Waals surface area contributed by atoms with Crippen molar-refractivity contribution in [3.63, 3.8) is 0 Å². The molecule has 1 saturated carbocycles. The van der Waals surface area contributed by atoms with E-state index in [0.717, 1.165) is 105 Å². The fraction of sp³-hybridized carbons (Fsp3) is 0.692. The molecule has 0 radical (unpaired) electrons. The van der Waals surface area contributed by atoms with Gasteiger partial charge in [-0.25, -0.2) is 4.98 Å². The number of nitrogens with zero attached hydrogens (tertiary/aromatic N) is 6. The van der Waals surface area contributed by atoms with Gasteiger partial charge in [0.1, 0.15) is 5.52 Å². The van der Waals surface area contributed by atoms with Crippen molar-refractivity contribution in [2.75, 3.05) is 50.2 Å². The van der Waals surface area contributed by atoms with Crippen molar-refractivity contribution >= 4 is 39.1 Å². The third-order valence-electron chi connectivity index (χ3n) is 7.88. The lowest BCUT2D eigenvalue weighted by Gasteiger charge is -2.39. The van der Waals surface area contributed by atoms with Crippen molar-refractivity contribution in [2.45, 2.75) is 70.5 Å². The minimum Gasteiger partial charge on any atom is -0.381 e. The molecule has 0 amide bonds. The van der Waals surface area contributed by atoms with Crippen molar-refractivity contribution < 1.29 is 9.47 Å². The van der Waals surface area contributed by atoms with Crippen LogP contribution in [0.3, 0.4) is 0 Å². The molecule has 1 aliphatic carbocycles. The molecule has 10 nitrogen and oxygen atoms in total. The first-order chi connectivity index (χ1) is 18.2. The maximum Gasteiger partial charge on any atom is 0.230 e. The van der Waals surface area contributed by atoms with E-state index in [1.54, 1.807) is 11.3 Å². The van der Waals surface area contributed by atoms with Crippen molar-refractivity contribution in [3.8, 4) is 0 Å². The molecule has 3 aromatic heterocycles. The molecule has 37 heavy (non-hydrogen) atoms. The third-order valence-corrected chi connectivity index (χ3v) is 8.97.